The van der Waals surface area contributed by atoms with Crippen molar-refractivity contribution in [2.45, 2.75) is 77.7 Å². The summed E-state index contributed by atoms with van der Waals surface area (Å²) in [5, 5.41) is 3.61. The molecule has 1 aliphatic rings. The normalized spacial score (nSPS) is 17.5. The molecule has 108 valence electrons. The summed E-state index contributed by atoms with van der Waals surface area (Å²) in [5.74, 6) is 0. The molecule has 1 fully saturated rings. The lowest BCUT2D eigenvalue weighted by atomic mass is 9.94. The third-order valence-corrected chi connectivity index (χ3v) is 4.28. The van der Waals surface area contributed by atoms with Gasteiger partial charge in [0.1, 0.15) is 0 Å². The predicted molar refractivity (Wildman–Crippen MR) is 81.1 cm³/mol. The molecule has 2 heteroatoms. The van der Waals surface area contributed by atoms with Gasteiger partial charge in [-0.1, -0.05) is 52.4 Å². The molecule has 1 rings (SSSR count). The van der Waals surface area contributed by atoms with Gasteiger partial charge in [-0.2, -0.15) is 0 Å². The van der Waals surface area contributed by atoms with Gasteiger partial charge < -0.3 is 5.32 Å². The second kappa shape index (κ2) is 10.8. The van der Waals surface area contributed by atoms with Crippen molar-refractivity contribution < 1.29 is 0 Å². The smallest absolute Gasteiger partial charge is 0.0110 e. The van der Waals surface area contributed by atoms with Crippen LogP contribution >= 0.6 is 0 Å². The highest BCUT2D eigenvalue weighted by molar-refractivity contribution is 4.75. The van der Waals surface area contributed by atoms with Crippen LogP contribution in [0.2, 0.25) is 0 Å². The molecule has 0 saturated heterocycles. The van der Waals surface area contributed by atoms with Crippen molar-refractivity contribution in [3.63, 3.8) is 0 Å². The van der Waals surface area contributed by atoms with Gasteiger partial charge in [0.2, 0.25) is 0 Å². The van der Waals surface area contributed by atoms with E-state index in [0.29, 0.717) is 0 Å². The first-order valence-electron chi connectivity index (χ1n) is 8.33. The van der Waals surface area contributed by atoms with Crippen molar-refractivity contribution >= 4 is 0 Å². The first-order valence-corrected chi connectivity index (χ1v) is 8.33. The van der Waals surface area contributed by atoms with Crippen molar-refractivity contribution in [2.24, 2.45) is 0 Å². The average molecular weight is 254 g/mol. The molecule has 1 N–H and O–H groups in total. The van der Waals surface area contributed by atoms with Gasteiger partial charge in [0, 0.05) is 19.1 Å². The fourth-order valence-electron chi connectivity index (χ4n) is 3.07. The highest BCUT2D eigenvalue weighted by Crippen LogP contribution is 2.21. The summed E-state index contributed by atoms with van der Waals surface area (Å²) in [6.07, 6.45) is 12.7. The minimum absolute atomic E-state index is 0.880. The Morgan fingerprint density at radius 1 is 0.944 bits per heavy atom. The monoisotopic (exact) mass is 254 g/mol. The first-order chi connectivity index (χ1) is 8.88. The van der Waals surface area contributed by atoms with Crippen molar-refractivity contribution in [3.8, 4) is 0 Å². The molecule has 1 aliphatic carbocycles. The van der Waals surface area contributed by atoms with E-state index in [1.165, 1.54) is 84.0 Å². The van der Waals surface area contributed by atoms with Crippen LogP contribution in [0, 0.1) is 0 Å². The van der Waals surface area contributed by atoms with E-state index >= 15 is 0 Å². The van der Waals surface area contributed by atoms with Crippen LogP contribution in [0.3, 0.4) is 0 Å². The quantitative estimate of drug-likeness (QED) is 0.596. The lowest BCUT2D eigenvalue weighted by molar-refractivity contribution is 0.164. The maximum atomic E-state index is 3.61. The molecule has 0 spiro atoms. The highest BCUT2D eigenvalue weighted by atomic mass is 15.2. The van der Waals surface area contributed by atoms with E-state index < -0.39 is 0 Å². The van der Waals surface area contributed by atoms with Gasteiger partial charge in [-0.15, -0.1) is 0 Å². The van der Waals surface area contributed by atoms with Crippen LogP contribution in [0.25, 0.3) is 0 Å². The zero-order valence-corrected chi connectivity index (χ0v) is 12.7. The average Bonchev–Trinajstić information content (AvgIpc) is 2.43. The van der Waals surface area contributed by atoms with Crippen molar-refractivity contribution in [1.82, 2.24) is 10.2 Å². The van der Waals surface area contributed by atoms with Gasteiger partial charge in [0.05, 0.1) is 0 Å². The van der Waals surface area contributed by atoms with E-state index in [0.717, 1.165) is 6.04 Å². The standard InChI is InChI=1S/C16H34N2/c1-3-5-6-10-13-17-14-15-18(4-2)16-11-8-7-9-12-16/h16-17H,3-15H2,1-2H3. The molecular weight excluding hydrogens is 220 g/mol. The van der Waals surface area contributed by atoms with Crippen molar-refractivity contribution in [2.75, 3.05) is 26.2 Å². The van der Waals surface area contributed by atoms with Crippen LogP contribution in [-0.2, 0) is 0 Å². The molecule has 18 heavy (non-hydrogen) atoms. The third kappa shape index (κ3) is 6.75. The summed E-state index contributed by atoms with van der Waals surface area (Å²) in [5.41, 5.74) is 0. The molecule has 0 aromatic rings. The van der Waals surface area contributed by atoms with Gasteiger partial charge in [-0.05, 0) is 32.4 Å². The molecule has 2 nitrogen and oxygen atoms in total. The van der Waals surface area contributed by atoms with Crippen LogP contribution in [-0.4, -0.2) is 37.1 Å². The Balaban J connectivity index is 2.00. The number of rotatable bonds is 10. The number of unbranched alkanes of at least 4 members (excludes halogenated alkanes) is 3. The number of hydrogen-bond acceptors (Lipinski definition) is 2. The van der Waals surface area contributed by atoms with E-state index in [4.69, 9.17) is 0 Å². The molecule has 0 atom stereocenters. The van der Waals surface area contributed by atoms with Crippen LogP contribution in [0.5, 0.6) is 0 Å². The topological polar surface area (TPSA) is 15.3 Å². The summed E-state index contributed by atoms with van der Waals surface area (Å²) < 4.78 is 0. The summed E-state index contributed by atoms with van der Waals surface area (Å²) in [4.78, 5) is 2.69. The lowest BCUT2D eigenvalue weighted by Crippen LogP contribution is -2.40. The molecule has 0 amide bonds. The lowest BCUT2D eigenvalue weighted by Gasteiger charge is -2.33. The Bertz CT molecular complexity index is 176. The second-order valence-corrected chi connectivity index (χ2v) is 5.73. The number of nitrogens with one attached hydrogen (secondary N) is 1. The summed E-state index contributed by atoms with van der Waals surface area (Å²) in [6, 6.07) is 0.880. The highest BCUT2D eigenvalue weighted by Gasteiger charge is 2.18. The first kappa shape index (κ1) is 16.0. The molecule has 1 saturated carbocycles. The zero-order chi connectivity index (χ0) is 13.1. The number of nitrogens with zero attached hydrogens (tertiary/aromatic N) is 1. The minimum atomic E-state index is 0.880. The third-order valence-electron chi connectivity index (χ3n) is 4.28. The van der Waals surface area contributed by atoms with Gasteiger partial charge in [-0.3, -0.25) is 4.90 Å². The number of likely N-dealkylation sites (N-methyl/N-ethyl adjacent to an activating group) is 1. The van der Waals surface area contributed by atoms with E-state index in [1.807, 2.05) is 0 Å². The molecule has 0 heterocycles. The second-order valence-electron chi connectivity index (χ2n) is 5.73. The molecular formula is C16H34N2. The Morgan fingerprint density at radius 3 is 2.39 bits per heavy atom. The minimum Gasteiger partial charge on any atom is -0.315 e. The Morgan fingerprint density at radius 2 is 1.72 bits per heavy atom. The van der Waals surface area contributed by atoms with E-state index in [9.17, 15) is 0 Å². The molecule has 0 aliphatic heterocycles. The van der Waals surface area contributed by atoms with Gasteiger partial charge in [0.25, 0.3) is 0 Å². The summed E-state index contributed by atoms with van der Waals surface area (Å²) in [7, 11) is 0. The Kier molecular flexibility index (Phi) is 9.59. The summed E-state index contributed by atoms with van der Waals surface area (Å²) >= 11 is 0. The Hall–Kier alpha value is -0.0800. The maximum absolute atomic E-state index is 3.61. The Labute approximate surface area is 115 Å². The van der Waals surface area contributed by atoms with Gasteiger partial charge >= 0.3 is 0 Å². The van der Waals surface area contributed by atoms with E-state index in [-0.39, 0.29) is 0 Å². The van der Waals surface area contributed by atoms with Crippen LogP contribution < -0.4 is 5.32 Å². The van der Waals surface area contributed by atoms with Crippen LogP contribution in [0.15, 0.2) is 0 Å². The van der Waals surface area contributed by atoms with Crippen LogP contribution in [0.1, 0.15) is 71.6 Å². The number of hydrogen-bond donors (Lipinski definition) is 1. The van der Waals surface area contributed by atoms with Gasteiger partial charge in [0.15, 0.2) is 0 Å². The molecule has 0 aromatic carbocycles. The molecule has 0 radical (unpaired) electrons. The zero-order valence-electron chi connectivity index (χ0n) is 12.7. The van der Waals surface area contributed by atoms with Crippen molar-refractivity contribution in [3.05, 3.63) is 0 Å². The van der Waals surface area contributed by atoms with Crippen molar-refractivity contribution in [1.29, 1.82) is 0 Å². The molecule has 0 unspecified atom stereocenters. The maximum Gasteiger partial charge on any atom is 0.0110 e. The van der Waals surface area contributed by atoms with Crippen LogP contribution in [0.4, 0.5) is 0 Å². The fourth-order valence-corrected chi connectivity index (χ4v) is 3.07. The predicted octanol–water partition coefficient (Wildman–Crippen LogP) is 3.81. The molecule has 0 aromatic heterocycles. The van der Waals surface area contributed by atoms with E-state index in [2.05, 4.69) is 24.1 Å². The van der Waals surface area contributed by atoms with Gasteiger partial charge in [-0.25, -0.2) is 0 Å². The largest absolute Gasteiger partial charge is 0.315 e. The van der Waals surface area contributed by atoms with E-state index in [1.54, 1.807) is 0 Å². The molecule has 0 bridgehead atoms. The fraction of sp³-hybridized carbons (Fsp3) is 1.00. The SMILES string of the molecule is CCCCCCNCCN(CC)C1CCCCC1. The summed E-state index contributed by atoms with van der Waals surface area (Å²) in [6.45, 7) is 9.45.